The first kappa shape index (κ1) is 12.5. The van der Waals surface area contributed by atoms with Gasteiger partial charge in [-0.15, -0.1) is 0 Å². The summed E-state index contributed by atoms with van der Waals surface area (Å²) in [7, 11) is 0. The fourth-order valence-corrected chi connectivity index (χ4v) is 3.28. The molecule has 2 heterocycles. The zero-order valence-electron chi connectivity index (χ0n) is 11.5. The Morgan fingerprint density at radius 2 is 1.86 bits per heavy atom. The van der Waals surface area contributed by atoms with Gasteiger partial charge in [0.05, 0.1) is 11.7 Å². The molecule has 0 bridgehead atoms. The Balaban J connectivity index is 1.70. The molecule has 21 heavy (non-hydrogen) atoms. The Labute approximate surface area is 122 Å². The summed E-state index contributed by atoms with van der Waals surface area (Å²) in [5, 5.41) is 11.7. The Hall–Kier alpha value is -2.20. The highest BCUT2D eigenvalue weighted by atomic mass is 19.1. The molecule has 0 amide bonds. The second-order valence-corrected chi connectivity index (χ2v) is 5.60. The maximum absolute atomic E-state index is 13.1. The van der Waals surface area contributed by atoms with Gasteiger partial charge in [0.15, 0.2) is 0 Å². The first-order valence-electron chi connectivity index (χ1n) is 7.23. The van der Waals surface area contributed by atoms with Crippen LogP contribution >= 0.6 is 0 Å². The maximum atomic E-state index is 13.1. The number of halogens is 1. The molecule has 2 aromatic carbocycles. The van der Waals surface area contributed by atoms with Gasteiger partial charge >= 0.3 is 0 Å². The van der Waals surface area contributed by atoms with Crippen LogP contribution in [0.5, 0.6) is 0 Å². The highest BCUT2D eigenvalue weighted by molar-refractivity contribution is 5.78. The lowest BCUT2D eigenvalue weighted by Crippen LogP contribution is -2.17. The molecule has 1 fully saturated rings. The standard InChI is InChI=1S/C17H16FN3/c18-14-4-1-11(2-5-14)15-7-8-19-17(15)12-3-6-16-13(9-12)10-20-21-16/h1-6,9-10,15,17,19H,7-8H2,(H,20,21). The van der Waals surface area contributed by atoms with Gasteiger partial charge in [0, 0.05) is 17.3 Å². The molecule has 106 valence electrons. The molecule has 1 aliphatic rings. The van der Waals surface area contributed by atoms with Crippen molar-refractivity contribution in [2.45, 2.75) is 18.4 Å². The van der Waals surface area contributed by atoms with E-state index >= 15 is 0 Å². The normalized spacial score (nSPS) is 22.0. The topological polar surface area (TPSA) is 40.7 Å². The molecule has 1 aliphatic heterocycles. The zero-order chi connectivity index (χ0) is 14.2. The number of hydrogen-bond donors (Lipinski definition) is 2. The number of aromatic amines is 1. The van der Waals surface area contributed by atoms with Gasteiger partial charge in [-0.05, 0) is 48.4 Å². The highest BCUT2D eigenvalue weighted by Gasteiger charge is 2.29. The van der Waals surface area contributed by atoms with Crippen molar-refractivity contribution in [2.24, 2.45) is 0 Å². The number of benzene rings is 2. The lowest BCUT2D eigenvalue weighted by atomic mass is 9.87. The molecule has 0 aliphatic carbocycles. The van der Waals surface area contributed by atoms with Gasteiger partial charge in [-0.2, -0.15) is 5.10 Å². The maximum Gasteiger partial charge on any atom is 0.123 e. The van der Waals surface area contributed by atoms with E-state index in [1.807, 2.05) is 18.3 Å². The van der Waals surface area contributed by atoms with Gasteiger partial charge in [0.2, 0.25) is 0 Å². The van der Waals surface area contributed by atoms with Crippen molar-refractivity contribution in [3.63, 3.8) is 0 Å². The Morgan fingerprint density at radius 3 is 2.71 bits per heavy atom. The molecule has 3 nitrogen and oxygen atoms in total. The summed E-state index contributed by atoms with van der Waals surface area (Å²) in [6.07, 6.45) is 2.92. The molecule has 2 unspecified atom stereocenters. The average Bonchev–Trinajstić information content (AvgIpc) is 3.16. The van der Waals surface area contributed by atoms with Gasteiger partial charge in [-0.25, -0.2) is 4.39 Å². The molecule has 3 aromatic rings. The third kappa shape index (κ3) is 2.21. The minimum atomic E-state index is -0.180. The smallest absolute Gasteiger partial charge is 0.123 e. The van der Waals surface area contributed by atoms with Gasteiger partial charge in [-0.3, -0.25) is 5.10 Å². The average molecular weight is 281 g/mol. The van der Waals surface area contributed by atoms with Crippen LogP contribution in [-0.2, 0) is 0 Å². The third-order valence-electron chi connectivity index (χ3n) is 4.34. The number of hydrogen-bond acceptors (Lipinski definition) is 2. The number of fused-ring (bicyclic) bond motifs is 1. The lowest BCUT2D eigenvalue weighted by Gasteiger charge is -2.20. The fraction of sp³-hybridized carbons (Fsp3) is 0.235. The molecule has 1 aromatic heterocycles. The summed E-state index contributed by atoms with van der Waals surface area (Å²) in [6.45, 7) is 0.982. The minimum Gasteiger partial charge on any atom is -0.309 e. The molecule has 0 saturated carbocycles. The fourth-order valence-electron chi connectivity index (χ4n) is 3.28. The van der Waals surface area contributed by atoms with Crippen LogP contribution in [0, 0.1) is 5.82 Å². The van der Waals surface area contributed by atoms with E-state index < -0.39 is 0 Å². The molecular weight excluding hydrogens is 265 g/mol. The summed E-state index contributed by atoms with van der Waals surface area (Å²) in [5.41, 5.74) is 3.50. The summed E-state index contributed by atoms with van der Waals surface area (Å²) in [5.74, 6) is 0.205. The van der Waals surface area contributed by atoms with Crippen LogP contribution in [0.4, 0.5) is 4.39 Å². The summed E-state index contributed by atoms with van der Waals surface area (Å²) >= 11 is 0. The van der Waals surface area contributed by atoms with Crippen molar-refractivity contribution in [1.29, 1.82) is 0 Å². The highest BCUT2D eigenvalue weighted by Crippen LogP contribution is 2.38. The van der Waals surface area contributed by atoms with Gasteiger partial charge < -0.3 is 5.32 Å². The van der Waals surface area contributed by atoms with Crippen LogP contribution in [0.15, 0.2) is 48.7 Å². The molecule has 0 radical (unpaired) electrons. The van der Waals surface area contributed by atoms with Crippen LogP contribution in [0.1, 0.15) is 29.5 Å². The van der Waals surface area contributed by atoms with Gasteiger partial charge in [-0.1, -0.05) is 18.2 Å². The lowest BCUT2D eigenvalue weighted by molar-refractivity contribution is 0.575. The Morgan fingerprint density at radius 1 is 1.05 bits per heavy atom. The Bertz CT molecular complexity index is 763. The van der Waals surface area contributed by atoms with Crippen LogP contribution in [0.3, 0.4) is 0 Å². The van der Waals surface area contributed by atoms with Crippen LogP contribution in [0.2, 0.25) is 0 Å². The number of nitrogens with one attached hydrogen (secondary N) is 2. The predicted molar refractivity (Wildman–Crippen MR) is 80.6 cm³/mol. The second kappa shape index (κ2) is 4.97. The third-order valence-corrected chi connectivity index (χ3v) is 4.34. The van der Waals surface area contributed by atoms with E-state index in [4.69, 9.17) is 0 Å². The van der Waals surface area contributed by atoms with Crippen molar-refractivity contribution in [3.05, 3.63) is 65.6 Å². The monoisotopic (exact) mass is 281 g/mol. The molecule has 0 spiro atoms. The van der Waals surface area contributed by atoms with Gasteiger partial charge in [0.25, 0.3) is 0 Å². The molecule has 4 heteroatoms. The number of H-pyrrole nitrogens is 1. The quantitative estimate of drug-likeness (QED) is 0.754. The van der Waals surface area contributed by atoms with Crippen molar-refractivity contribution >= 4 is 10.9 Å². The first-order chi connectivity index (χ1) is 10.3. The van der Waals surface area contributed by atoms with E-state index in [1.54, 1.807) is 12.1 Å². The number of aromatic nitrogens is 2. The SMILES string of the molecule is Fc1ccc(C2CCNC2c2ccc3[nH]ncc3c2)cc1. The van der Waals surface area contributed by atoms with Crippen LogP contribution < -0.4 is 5.32 Å². The molecule has 2 N–H and O–H groups in total. The Kier molecular flexibility index (Phi) is 2.97. The summed E-state index contributed by atoms with van der Waals surface area (Å²) in [4.78, 5) is 0. The van der Waals surface area contributed by atoms with Crippen LogP contribution in [-0.4, -0.2) is 16.7 Å². The minimum absolute atomic E-state index is 0.180. The molecule has 2 atom stereocenters. The van der Waals surface area contributed by atoms with Gasteiger partial charge in [0.1, 0.15) is 5.82 Å². The first-order valence-corrected chi connectivity index (χ1v) is 7.23. The van der Waals surface area contributed by atoms with E-state index in [2.05, 4.69) is 33.7 Å². The van der Waals surface area contributed by atoms with Crippen LogP contribution in [0.25, 0.3) is 10.9 Å². The molecule has 4 rings (SSSR count). The molecular formula is C17H16FN3. The summed E-state index contributed by atoms with van der Waals surface area (Å²) in [6, 6.07) is 13.5. The predicted octanol–water partition coefficient (Wildman–Crippen LogP) is 3.52. The van der Waals surface area contributed by atoms with Crippen molar-refractivity contribution in [3.8, 4) is 0 Å². The van der Waals surface area contributed by atoms with Crippen molar-refractivity contribution < 1.29 is 4.39 Å². The number of nitrogens with zero attached hydrogens (tertiary/aromatic N) is 1. The van der Waals surface area contributed by atoms with E-state index in [9.17, 15) is 4.39 Å². The van der Waals surface area contributed by atoms with Crippen molar-refractivity contribution in [1.82, 2.24) is 15.5 Å². The molecule has 1 saturated heterocycles. The van der Waals surface area contributed by atoms with Crippen molar-refractivity contribution in [2.75, 3.05) is 6.54 Å². The zero-order valence-corrected chi connectivity index (χ0v) is 11.5. The van der Waals surface area contributed by atoms with E-state index in [1.165, 1.54) is 11.1 Å². The van der Waals surface area contributed by atoms with E-state index in [0.29, 0.717) is 5.92 Å². The largest absolute Gasteiger partial charge is 0.309 e. The summed E-state index contributed by atoms with van der Waals surface area (Å²) < 4.78 is 13.1. The van der Waals surface area contributed by atoms with E-state index in [0.717, 1.165) is 23.9 Å². The number of rotatable bonds is 2. The second-order valence-electron chi connectivity index (χ2n) is 5.60. The van der Waals surface area contributed by atoms with E-state index in [-0.39, 0.29) is 11.9 Å².